The van der Waals surface area contributed by atoms with E-state index in [0.717, 1.165) is 29.2 Å². The van der Waals surface area contributed by atoms with Crippen molar-refractivity contribution in [2.75, 3.05) is 26.2 Å². The Morgan fingerprint density at radius 2 is 1.72 bits per heavy atom. The Labute approximate surface area is 184 Å². The lowest BCUT2D eigenvalue weighted by atomic mass is 10.2. The van der Waals surface area contributed by atoms with Crippen LogP contribution >= 0.6 is 0 Å². The van der Waals surface area contributed by atoms with Gasteiger partial charge in [-0.15, -0.1) is 0 Å². The molecule has 0 atom stereocenters. The van der Waals surface area contributed by atoms with Crippen molar-refractivity contribution < 1.29 is 21.6 Å². The molecule has 1 aliphatic carbocycles. The maximum absolute atomic E-state index is 13.3. The van der Waals surface area contributed by atoms with E-state index >= 15 is 0 Å². The van der Waals surface area contributed by atoms with Crippen LogP contribution in [0.25, 0.3) is 0 Å². The highest BCUT2D eigenvalue weighted by molar-refractivity contribution is 7.89. The third-order valence-corrected chi connectivity index (χ3v) is 7.97. The van der Waals surface area contributed by atoms with Gasteiger partial charge in [0.15, 0.2) is 0 Å². The van der Waals surface area contributed by atoms with Gasteiger partial charge in [-0.1, -0.05) is 17.7 Å². The number of alkyl halides is 3. The lowest BCUT2D eigenvalue weighted by Gasteiger charge is -2.34. The molecule has 1 saturated heterocycles. The van der Waals surface area contributed by atoms with E-state index in [4.69, 9.17) is 0 Å². The maximum Gasteiger partial charge on any atom is 0.421 e. The summed E-state index contributed by atoms with van der Waals surface area (Å²) < 4.78 is 68.3. The van der Waals surface area contributed by atoms with E-state index in [2.05, 4.69) is 5.10 Å². The molecule has 4 rings (SSSR count). The Balaban J connectivity index is 1.50. The van der Waals surface area contributed by atoms with Crippen molar-refractivity contribution in [1.29, 1.82) is 0 Å². The number of sulfonamides is 1. The lowest BCUT2D eigenvalue weighted by molar-refractivity contribution is -0.139. The molecule has 0 N–H and O–H groups in total. The van der Waals surface area contributed by atoms with Crippen LogP contribution in [0.4, 0.5) is 13.2 Å². The standard InChI is InChI=1S/C21H25F3N4O3S/c1-14-3-6-19(15(2)11-14)32(30,31)27-9-7-26(8-10-27)13-28-20(29)17(21(22,23)24)12-18(25-28)16-4-5-16/h3,6,11-12,16H,4-5,7-10,13H2,1-2H3. The summed E-state index contributed by atoms with van der Waals surface area (Å²) in [5.41, 5.74) is -0.457. The first-order valence-electron chi connectivity index (χ1n) is 10.5. The minimum atomic E-state index is -4.75. The maximum atomic E-state index is 13.3. The molecule has 2 aliphatic rings. The van der Waals surface area contributed by atoms with Crippen molar-refractivity contribution in [2.24, 2.45) is 0 Å². The minimum Gasteiger partial charge on any atom is -0.282 e. The van der Waals surface area contributed by atoms with Crippen LogP contribution in [0.3, 0.4) is 0 Å². The quantitative estimate of drug-likeness (QED) is 0.672. The molecule has 11 heteroatoms. The average Bonchev–Trinajstić information content (AvgIpc) is 3.54. The second kappa shape index (κ2) is 8.27. The molecule has 0 radical (unpaired) electrons. The molecule has 0 amide bonds. The number of nitrogens with zero attached hydrogens (tertiary/aromatic N) is 4. The molecule has 1 aliphatic heterocycles. The van der Waals surface area contributed by atoms with Crippen molar-refractivity contribution in [3.05, 3.63) is 57.0 Å². The second-order valence-corrected chi connectivity index (χ2v) is 10.4. The van der Waals surface area contributed by atoms with Gasteiger partial charge >= 0.3 is 6.18 Å². The van der Waals surface area contributed by atoms with E-state index in [1.807, 2.05) is 13.0 Å². The van der Waals surface area contributed by atoms with Gasteiger partial charge in [0.1, 0.15) is 5.56 Å². The van der Waals surface area contributed by atoms with Crippen LogP contribution in [0.5, 0.6) is 0 Å². The number of halogens is 3. The van der Waals surface area contributed by atoms with E-state index in [1.165, 1.54) is 4.31 Å². The SMILES string of the molecule is Cc1ccc(S(=O)(=O)N2CCN(Cn3nc(C4CC4)cc(C(F)(F)F)c3=O)CC2)c(C)c1. The highest BCUT2D eigenvalue weighted by Gasteiger charge is 2.38. The van der Waals surface area contributed by atoms with E-state index < -0.39 is 27.3 Å². The number of benzene rings is 1. The number of hydrogen-bond donors (Lipinski definition) is 0. The zero-order chi connectivity index (χ0) is 23.3. The minimum absolute atomic E-state index is 0.0392. The molecule has 32 heavy (non-hydrogen) atoms. The molecular formula is C21H25F3N4O3S. The molecule has 1 aromatic heterocycles. The third-order valence-electron chi connectivity index (χ3n) is 5.91. The fraction of sp³-hybridized carbons (Fsp3) is 0.524. The smallest absolute Gasteiger partial charge is 0.282 e. The van der Waals surface area contributed by atoms with Gasteiger partial charge in [0.05, 0.1) is 17.3 Å². The van der Waals surface area contributed by atoms with Gasteiger partial charge in [0.2, 0.25) is 10.0 Å². The zero-order valence-electron chi connectivity index (χ0n) is 17.9. The molecule has 1 aromatic carbocycles. The van der Waals surface area contributed by atoms with Crippen molar-refractivity contribution in [2.45, 2.75) is 50.3 Å². The van der Waals surface area contributed by atoms with Crippen LogP contribution in [0.1, 0.15) is 41.1 Å². The summed E-state index contributed by atoms with van der Waals surface area (Å²) in [5, 5.41) is 4.17. The van der Waals surface area contributed by atoms with Gasteiger partial charge in [-0.05, 0) is 44.4 Å². The van der Waals surface area contributed by atoms with E-state index in [1.54, 1.807) is 24.0 Å². The van der Waals surface area contributed by atoms with E-state index in [-0.39, 0.29) is 49.4 Å². The first kappa shape index (κ1) is 22.9. The molecule has 174 valence electrons. The van der Waals surface area contributed by atoms with Crippen LogP contribution < -0.4 is 5.56 Å². The Morgan fingerprint density at radius 3 is 2.28 bits per heavy atom. The Morgan fingerprint density at radius 1 is 1.06 bits per heavy atom. The van der Waals surface area contributed by atoms with Crippen molar-refractivity contribution in [3.8, 4) is 0 Å². The summed E-state index contributed by atoms with van der Waals surface area (Å²) in [6.07, 6.45) is -3.22. The molecule has 0 spiro atoms. The summed E-state index contributed by atoms with van der Waals surface area (Å²) in [4.78, 5) is 14.4. The van der Waals surface area contributed by atoms with E-state index in [0.29, 0.717) is 5.56 Å². The van der Waals surface area contributed by atoms with E-state index in [9.17, 15) is 26.4 Å². The lowest BCUT2D eigenvalue weighted by Crippen LogP contribution is -2.50. The van der Waals surface area contributed by atoms with Gasteiger partial charge in [-0.25, -0.2) is 13.1 Å². The van der Waals surface area contributed by atoms with Crippen LogP contribution in [0.2, 0.25) is 0 Å². The predicted molar refractivity (Wildman–Crippen MR) is 112 cm³/mol. The van der Waals surface area contributed by atoms with Crippen molar-refractivity contribution in [1.82, 2.24) is 19.0 Å². The second-order valence-electron chi connectivity index (χ2n) is 8.49. The van der Waals surface area contributed by atoms with Gasteiger partial charge in [-0.2, -0.15) is 22.6 Å². The fourth-order valence-corrected chi connectivity index (χ4v) is 5.60. The van der Waals surface area contributed by atoms with Gasteiger partial charge in [0, 0.05) is 32.1 Å². The summed E-state index contributed by atoms with van der Waals surface area (Å²) in [7, 11) is -3.68. The summed E-state index contributed by atoms with van der Waals surface area (Å²) in [6, 6.07) is 6.02. The highest BCUT2D eigenvalue weighted by Crippen LogP contribution is 2.40. The molecule has 0 bridgehead atoms. The highest BCUT2D eigenvalue weighted by atomic mass is 32.2. The zero-order valence-corrected chi connectivity index (χ0v) is 18.7. The molecular weight excluding hydrogens is 445 g/mol. The Kier molecular flexibility index (Phi) is 5.93. The molecule has 2 fully saturated rings. The molecule has 0 unspecified atom stereocenters. The molecule has 2 aromatic rings. The largest absolute Gasteiger partial charge is 0.421 e. The number of aryl methyl sites for hydroxylation is 2. The first-order chi connectivity index (χ1) is 15.0. The van der Waals surface area contributed by atoms with Crippen LogP contribution in [0, 0.1) is 13.8 Å². The van der Waals surface area contributed by atoms with Crippen LogP contribution in [-0.4, -0.2) is 53.6 Å². The normalized spacial score (nSPS) is 18.8. The Hall–Kier alpha value is -2.24. The number of aromatic nitrogens is 2. The van der Waals surface area contributed by atoms with Crippen LogP contribution in [0.15, 0.2) is 34.0 Å². The topological polar surface area (TPSA) is 75.5 Å². The summed E-state index contributed by atoms with van der Waals surface area (Å²) in [6.45, 7) is 4.46. The molecule has 1 saturated carbocycles. The third kappa shape index (κ3) is 4.60. The number of piperazine rings is 1. The van der Waals surface area contributed by atoms with Crippen molar-refractivity contribution >= 4 is 10.0 Å². The first-order valence-corrected chi connectivity index (χ1v) is 11.9. The predicted octanol–water partition coefficient (Wildman–Crippen LogP) is 2.72. The van der Waals surface area contributed by atoms with Crippen LogP contribution in [-0.2, 0) is 22.9 Å². The van der Waals surface area contributed by atoms with Crippen molar-refractivity contribution in [3.63, 3.8) is 0 Å². The average molecular weight is 471 g/mol. The molecule has 2 heterocycles. The van der Waals surface area contributed by atoms with Gasteiger partial charge < -0.3 is 0 Å². The number of hydrogen-bond acceptors (Lipinski definition) is 5. The molecule has 7 nitrogen and oxygen atoms in total. The van der Waals surface area contributed by atoms with Gasteiger partial charge in [0.25, 0.3) is 5.56 Å². The summed E-state index contributed by atoms with van der Waals surface area (Å²) >= 11 is 0. The Bertz CT molecular complexity index is 1180. The monoisotopic (exact) mass is 470 g/mol. The summed E-state index contributed by atoms with van der Waals surface area (Å²) in [5.74, 6) is -0.0392. The van der Waals surface area contributed by atoms with Gasteiger partial charge in [-0.3, -0.25) is 9.69 Å². The number of rotatable bonds is 5. The fourth-order valence-electron chi connectivity index (χ4n) is 3.97.